The molecular weight excluding hydrogens is 554 g/mol. The van der Waals surface area contributed by atoms with E-state index in [2.05, 4.69) is 5.32 Å². The van der Waals surface area contributed by atoms with Gasteiger partial charge in [-0.1, -0.05) is 29.8 Å². The number of hydrogen-bond donors (Lipinski definition) is 1. The molecule has 13 heteroatoms. The summed E-state index contributed by atoms with van der Waals surface area (Å²) in [6.07, 6.45) is -1.11. The molecule has 1 heterocycles. The van der Waals surface area contributed by atoms with Gasteiger partial charge in [0.1, 0.15) is 18.1 Å². The first-order valence-electron chi connectivity index (χ1n) is 11.5. The predicted molar refractivity (Wildman–Crippen MR) is 143 cm³/mol. The SMILES string of the molecule is CN(C)S(=O)(=O)c1ccc(OCCNC(=O)C2CN(S(=O)(=O)c3ccccc3)c3cc(Cl)ccc3O2)cc1. The molecule has 0 radical (unpaired) electrons. The second-order valence-electron chi connectivity index (χ2n) is 8.47. The van der Waals surface area contributed by atoms with E-state index in [0.29, 0.717) is 10.8 Å². The van der Waals surface area contributed by atoms with Gasteiger partial charge in [-0.25, -0.2) is 21.1 Å². The summed E-state index contributed by atoms with van der Waals surface area (Å²) >= 11 is 6.11. The van der Waals surface area contributed by atoms with Gasteiger partial charge in [0.2, 0.25) is 10.0 Å². The highest BCUT2D eigenvalue weighted by Crippen LogP contribution is 2.38. The van der Waals surface area contributed by atoms with Crippen molar-refractivity contribution in [2.24, 2.45) is 0 Å². The van der Waals surface area contributed by atoms with Gasteiger partial charge in [0.25, 0.3) is 15.9 Å². The average Bonchev–Trinajstić information content (AvgIpc) is 2.91. The monoisotopic (exact) mass is 579 g/mol. The third-order valence-electron chi connectivity index (χ3n) is 5.69. The summed E-state index contributed by atoms with van der Waals surface area (Å²) in [7, 11) is -4.65. The Hall–Kier alpha value is -3.32. The van der Waals surface area contributed by atoms with Gasteiger partial charge in [-0.05, 0) is 54.6 Å². The molecular formula is C25H26ClN3O7S2. The van der Waals surface area contributed by atoms with Crippen molar-refractivity contribution < 1.29 is 31.1 Å². The van der Waals surface area contributed by atoms with E-state index in [1.807, 2.05) is 0 Å². The van der Waals surface area contributed by atoms with Crippen molar-refractivity contribution >= 4 is 43.2 Å². The Morgan fingerprint density at radius 1 is 1.03 bits per heavy atom. The summed E-state index contributed by atoms with van der Waals surface area (Å²) in [6.45, 7) is -0.0507. The fourth-order valence-electron chi connectivity index (χ4n) is 3.68. The number of hydrogen-bond acceptors (Lipinski definition) is 7. The number of carbonyl (C=O) groups excluding carboxylic acids is 1. The van der Waals surface area contributed by atoms with Crippen LogP contribution in [0.2, 0.25) is 5.02 Å². The minimum absolute atomic E-state index is 0.0739. The smallest absolute Gasteiger partial charge is 0.264 e. The molecule has 202 valence electrons. The van der Waals surface area contributed by atoms with Crippen LogP contribution >= 0.6 is 11.6 Å². The van der Waals surface area contributed by atoms with E-state index in [-0.39, 0.29) is 40.9 Å². The van der Waals surface area contributed by atoms with Crippen molar-refractivity contribution in [1.82, 2.24) is 9.62 Å². The van der Waals surface area contributed by atoms with Crippen LogP contribution in [0, 0.1) is 0 Å². The van der Waals surface area contributed by atoms with Crippen LogP contribution < -0.4 is 19.1 Å². The first-order valence-corrected chi connectivity index (χ1v) is 14.7. The highest BCUT2D eigenvalue weighted by atomic mass is 35.5. The maximum absolute atomic E-state index is 13.4. The maximum Gasteiger partial charge on any atom is 0.264 e. The number of rotatable bonds is 9. The Morgan fingerprint density at radius 2 is 1.71 bits per heavy atom. The lowest BCUT2D eigenvalue weighted by Gasteiger charge is -2.34. The lowest BCUT2D eigenvalue weighted by atomic mass is 10.2. The number of nitrogens with one attached hydrogen (secondary N) is 1. The lowest BCUT2D eigenvalue weighted by Crippen LogP contribution is -2.51. The van der Waals surface area contributed by atoms with Crippen LogP contribution in [0.3, 0.4) is 0 Å². The largest absolute Gasteiger partial charge is 0.492 e. The molecule has 38 heavy (non-hydrogen) atoms. The molecule has 0 aromatic heterocycles. The number of halogens is 1. The highest BCUT2D eigenvalue weighted by Gasteiger charge is 2.37. The molecule has 1 aliphatic heterocycles. The number of carbonyl (C=O) groups is 1. The van der Waals surface area contributed by atoms with Gasteiger partial charge < -0.3 is 14.8 Å². The Labute approximate surface area is 226 Å². The van der Waals surface area contributed by atoms with Crippen LogP contribution in [0.15, 0.2) is 82.6 Å². The number of benzene rings is 3. The zero-order valence-electron chi connectivity index (χ0n) is 20.6. The minimum Gasteiger partial charge on any atom is -0.492 e. The molecule has 0 bridgehead atoms. The van der Waals surface area contributed by atoms with Crippen molar-refractivity contribution in [3.8, 4) is 11.5 Å². The fourth-order valence-corrected chi connectivity index (χ4v) is 6.24. The minimum atomic E-state index is -4.00. The first-order chi connectivity index (χ1) is 18.0. The molecule has 1 unspecified atom stereocenters. The van der Waals surface area contributed by atoms with E-state index < -0.39 is 32.1 Å². The van der Waals surface area contributed by atoms with E-state index in [9.17, 15) is 21.6 Å². The Morgan fingerprint density at radius 3 is 2.37 bits per heavy atom. The Balaban J connectivity index is 1.41. The van der Waals surface area contributed by atoms with Gasteiger partial charge in [-0.15, -0.1) is 0 Å². The van der Waals surface area contributed by atoms with Crippen molar-refractivity contribution in [2.45, 2.75) is 15.9 Å². The van der Waals surface area contributed by atoms with Gasteiger partial charge in [0.05, 0.1) is 28.6 Å². The van der Waals surface area contributed by atoms with Crippen LogP contribution in [0.1, 0.15) is 0 Å². The predicted octanol–water partition coefficient (Wildman–Crippen LogP) is 2.74. The molecule has 4 rings (SSSR count). The van der Waals surface area contributed by atoms with Gasteiger partial charge in [0, 0.05) is 19.1 Å². The molecule has 0 saturated heterocycles. The van der Waals surface area contributed by atoms with Gasteiger partial charge >= 0.3 is 0 Å². The molecule has 1 amide bonds. The lowest BCUT2D eigenvalue weighted by molar-refractivity contribution is -0.127. The molecule has 1 aliphatic rings. The molecule has 3 aromatic carbocycles. The molecule has 0 saturated carbocycles. The normalized spacial score (nSPS) is 15.5. The van der Waals surface area contributed by atoms with E-state index in [0.717, 1.165) is 8.61 Å². The third kappa shape index (κ3) is 5.88. The van der Waals surface area contributed by atoms with E-state index in [1.165, 1.54) is 62.6 Å². The summed E-state index contributed by atoms with van der Waals surface area (Å²) in [4.78, 5) is 13.1. The van der Waals surface area contributed by atoms with Crippen molar-refractivity contribution in [3.05, 3.63) is 77.8 Å². The number of amides is 1. The second kappa shape index (κ2) is 11.2. The van der Waals surface area contributed by atoms with Gasteiger partial charge in [0.15, 0.2) is 6.10 Å². The van der Waals surface area contributed by atoms with Crippen LogP contribution in [0.25, 0.3) is 0 Å². The maximum atomic E-state index is 13.4. The third-order valence-corrected chi connectivity index (χ3v) is 9.54. The quantitative estimate of drug-likeness (QED) is 0.387. The fraction of sp³-hybridized carbons (Fsp3) is 0.240. The number of sulfonamides is 2. The number of fused-ring (bicyclic) bond motifs is 1. The van der Waals surface area contributed by atoms with E-state index in [1.54, 1.807) is 24.3 Å². The standard InChI is InChI=1S/C25H26ClN3O7S2/c1-28(2)37(31,32)21-11-9-19(10-12-21)35-15-14-27-25(30)24-17-29(22-16-18(26)8-13-23(22)36-24)38(33,34)20-6-4-3-5-7-20/h3-13,16,24H,14-15,17H2,1-2H3,(H,27,30). The molecule has 0 aliphatic carbocycles. The van der Waals surface area contributed by atoms with Crippen LogP contribution in [0.4, 0.5) is 5.69 Å². The van der Waals surface area contributed by atoms with Crippen molar-refractivity contribution in [3.63, 3.8) is 0 Å². The zero-order chi connectivity index (χ0) is 27.5. The summed E-state index contributed by atoms with van der Waals surface area (Å²) < 4.78 is 64.8. The topological polar surface area (TPSA) is 122 Å². The molecule has 10 nitrogen and oxygen atoms in total. The molecule has 0 spiro atoms. The van der Waals surface area contributed by atoms with Crippen LogP contribution in [0.5, 0.6) is 11.5 Å². The van der Waals surface area contributed by atoms with Crippen molar-refractivity contribution in [2.75, 3.05) is 38.1 Å². The van der Waals surface area contributed by atoms with Crippen LogP contribution in [-0.2, 0) is 24.8 Å². The number of ether oxygens (including phenoxy) is 2. The average molecular weight is 580 g/mol. The zero-order valence-corrected chi connectivity index (χ0v) is 23.0. The molecule has 0 fully saturated rings. The molecule has 1 N–H and O–H groups in total. The molecule has 1 atom stereocenters. The van der Waals surface area contributed by atoms with E-state index >= 15 is 0 Å². The van der Waals surface area contributed by atoms with Gasteiger partial charge in [-0.2, -0.15) is 0 Å². The summed E-state index contributed by atoms with van der Waals surface area (Å²) in [5.41, 5.74) is 0.244. The molecule has 3 aromatic rings. The Bertz CT molecular complexity index is 1510. The number of nitrogens with zero attached hydrogens (tertiary/aromatic N) is 2. The highest BCUT2D eigenvalue weighted by molar-refractivity contribution is 7.92. The second-order valence-corrected chi connectivity index (χ2v) is 12.9. The van der Waals surface area contributed by atoms with Crippen molar-refractivity contribution in [1.29, 1.82) is 0 Å². The summed E-state index contributed by atoms with van der Waals surface area (Å²) in [5, 5.41) is 3.01. The first kappa shape index (κ1) is 27.7. The van der Waals surface area contributed by atoms with Crippen LogP contribution in [-0.4, -0.2) is 66.9 Å². The Kier molecular flexibility index (Phi) is 8.16. The summed E-state index contributed by atoms with van der Waals surface area (Å²) in [6, 6.07) is 18.4. The summed E-state index contributed by atoms with van der Waals surface area (Å²) in [5.74, 6) is 0.121. The van der Waals surface area contributed by atoms with Gasteiger partial charge in [-0.3, -0.25) is 9.10 Å². The van der Waals surface area contributed by atoms with E-state index in [4.69, 9.17) is 21.1 Å². The number of anilines is 1.